The van der Waals surface area contributed by atoms with Crippen LogP contribution in [0.1, 0.15) is 22.3 Å². The predicted molar refractivity (Wildman–Crippen MR) is 84.4 cm³/mol. The first-order chi connectivity index (χ1) is 10.4. The molecule has 0 aliphatic carbocycles. The number of ketones is 1. The summed E-state index contributed by atoms with van der Waals surface area (Å²) in [7, 11) is 0. The summed E-state index contributed by atoms with van der Waals surface area (Å²) in [5, 5.41) is 14.2. The lowest BCUT2D eigenvalue weighted by Gasteiger charge is -2.20. The van der Waals surface area contributed by atoms with Crippen LogP contribution in [-0.2, 0) is 10.4 Å². The summed E-state index contributed by atoms with van der Waals surface area (Å²) in [5.41, 5.74) is -0.772. The zero-order valence-corrected chi connectivity index (χ0v) is 12.8. The molecule has 4 nitrogen and oxygen atoms in total. The summed E-state index contributed by atoms with van der Waals surface area (Å²) >= 11 is 11.7. The summed E-state index contributed by atoms with van der Waals surface area (Å²) in [4.78, 5) is 24.4. The SMILES string of the molecule is O=C(C[C@@]1(O)C(=O)Nc2ccc(Cl)cc21)c1ccc(Cl)cc1. The number of carbonyl (C=O) groups is 2. The number of nitrogens with one attached hydrogen (secondary N) is 1. The van der Waals surface area contributed by atoms with Crippen LogP contribution in [-0.4, -0.2) is 16.8 Å². The minimum atomic E-state index is -1.92. The van der Waals surface area contributed by atoms with Crippen LogP contribution in [0.2, 0.25) is 10.0 Å². The van der Waals surface area contributed by atoms with Crippen LogP contribution < -0.4 is 5.32 Å². The molecule has 1 atom stereocenters. The summed E-state index contributed by atoms with van der Waals surface area (Å²) in [6.07, 6.45) is -0.367. The van der Waals surface area contributed by atoms with Gasteiger partial charge in [-0.2, -0.15) is 0 Å². The lowest BCUT2D eigenvalue weighted by Crippen LogP contribution is -2.36. The van der Waals surface area contributed by atoms with Crippen molar-refractivity contribution in [2.24, 2.45) is 0 Å². The fourth-order valence-corrected chi connectivity index (χ4v) is 2.76. The first-order valence-electron chi connectivity index (χ1n) is 6.53. The highest BCUT2D eigenvalue weighted by molar-refractivity contribution is 6.31. The third kappa shape index (κ3) is 2.50. The second-order valence-electron chi connectivity index (χ2n) is 5.11. The Balaban J connectivity index is 1.94. The fourth-order valence-electron chi connectivity index (χ4n) is 2.46. The Morgan fingerprint density at radius 1 is 1.09 bits per heavy atom. The van der Waals surface area contributed by atoms with Crippen molar-refractivity contribution in [3.8, 4) is 0 Å². The molecule has 112 valence electrons. The van der Waals surface area contributed by atoms with Gasteiger partial charge in [-0.05, 0) is 42.5 Å². The Hall–Kier alpha value is -1.88. The van der Waals surface area contributed by atoms with Crippen molar-refractivity contribution < 1.29 is 14.7 Å². The highest BCUT2D eigenvalue weighted by Crippen LogP contribution is 2.40. The molecule has 2 aromatic rings. The van der Waals surface area contributed by atoms with Gasteiger partial charge in [-0.15, -0.1) is 0 Å². The van der Waals surface area contributed by atoms with E-state index < -0.39 is 11.5 Å². The van der Waals surface area contributed by atoms with Gasteiger partial charge in [0, 0.05) is 26.9 Å². The Morgan fingerprint density at radius 3 is 2.41 bits per heavy atom. The van der Waals surface area contributed by atoms with E-state index in [1.165, 1.54) is 6.07 Å². The zero-order valence-electron chi connectivity index (χ0n) is 11.3. The maximum absolute atomic E-state index is 12.3. The maximum atomic E-state index is 12.3. The third-order valence-electron chi connectivity index (χ3n) is 3.63. The monoisotopic (exact) mass is 335 g/mol. The number of carbonyl (C=O) groups excluding carboxylic acids is 2. The molecule has 0 aromatic heterocycles. The number of hydrogen-bond acceptors (Lipinski definition) is 3. The van der Waals surface area contributed by atoms with Gasteiger partial charge < -0.3 is 10.4 Å². The quantitative estimate of drug-likeness (QED) is 0.844. The van der Waals surface area contributed by atoms with Crippen molar-refractivity contribution in [3.05, 3.63) is 63.6 Å². The molecule has 6 heteroatoms. The van der Waals surface area contributed by atoms with Gasteiger partial charge in [0.25, 0.3) is 5.91 Å². The van der Waals surface area contributed by atoms with Crippen molar-refractivity contribution >= 4 is 40.6 Å². The molecule has 22 heavy (non-hydrogen) atoms. The van der Waals surface area contributed by atoms with Crippen LogP contribution in [0.15, 0.2) is 42.5 Å². The molecular formula is C16H11Cl2NO3. The molecular weight excluding hydrogens is 325 g/mol. The lowest BCUT2D eigenvalue weighted by molar-refractivity contribution is -0.133. The second-order valence-corrected chi connectivity index (χ2v) is 5.98. The molecule has 2 N–H and O–H groups in total. The first kappa shape index (κ1) is 15.0. The van der Waals surface area contributed by atoms with E-state index in [9.17, 15) is 14.7 Å². The molecule has 2 aromatic carbocycles. The average molecular weight is 336 g/mol. The standard InChI is InChI=1S/C16H11Cl2NO3/c17-10-3-1-9(2-4-10)14(20)8-16(22)12-7-11(18)5-6-13(12)19-15(16)21/h1-7,22H,8H2,(H,19,21)/t16-/m0/s1. The minimum Gasteiger partial charge on any atom is -0.375 e. The van der Waals surface area contributed by atoms with Crippen LogP contribution >= 0.6 is 23.2 Å². The average Bonchev–Trinajstić information content (AvgIpc) is 2.71. The number of benzene rings is 2. The number of Topliss-reactive ketones (excluding diaryl/α,β-unsaturated/α-hetero) is 1. The number of hydrogen-bond donors (Lipinski definition) is 2. The largest absolute Gasteiger partial charge is 0.375 e. The van der Waals surface area contributed by atoms with Crippen molar-refractivity contribution in [1.82, 2.24) is 0 Å². The zero-order chi connectivity index (χ0) is 15.9. The Morgan fingerprint density at radius 2 is 1.73 bits per heavy atom. The van der Waals surface area contributed by atoms with Crippen LogP contribution in [0, 0.1) is 0 Å². The van der Waals surface area contributed by atoms with E-state index in [-0.39, 0.29) is 12.2 Å². The van der Waals surface area contributed by atoms with Gasteiger partial charge in [-0.3, -0.25) is 9.59 Å². The van der Waals surface area contributed by atoms with E-state index in [4.69, 9.17) is 23.2 Å². The number of anilines is 1. The van der Waals surface area contributed by atoms with Crippen LogP contribution in [0.4, 0.5) is 5.69 Å². The summed E-state index contributed by atoms with van der Waals surface area (Å²) in [6.45, 7) is 0. The topological polar surface area (TPSA) is 66.4 Å². The lowest BCUT2D eigenvalue weighted by atomic mass is 9.88. The molecule has 0 radical (unpaired) electrons. The molecule has 0 bridgehead atoms. The van der Waals surface area contributed by atoms with Crippen molar-refractivity contribution in [2.75, 3.05) is 5.32 Å². The molecule has 0 spiro atoms. The van der Waals surface area contributed by atoms with Gasteiger partial charge in [0.05, 0.1) is 6.42 Å². The third-order valence-corrected chi connectivity index (χ3v) is 4.12. The highest BCUT2D eigenvalue weighted by atomic mass is 35.5. The maximum Gasteiger partial charge on any atom is 0.261 e. The van der Waals surface area contributed by atoms with Gasteiger partial charge in [0.15, 0.2) is 11.4 Å². The van der Waals surface area contributed by atoms with Gasteiger partial charge >= 0.3 is 0 Å². The number of amides is 1. The summed E-state index contributed by atoms with van der Waals surface area (Å²) < 4.78 is 0. The predicted octanol–water partition coefficient (Wildman–Crippen LogP) is 3.41. The smallest absolute Gasteiger partial charge is 0.261 e. The van der Waals surface area contributed by atoms with E-state index in [1.54, 1.807) is 36.4 Å². The number of rotatable bonds is 3. The number of aliphatic hydroxyl groups is 1. The van der Waals surface area contributed by atoms with E-state index in [1.807, 2.05) is 0 Å². The molecule has 0 saturated heterocycles. The van der Waals surface area contributed by atoms with Crippen molar-refractivity contribution in [2.45, 2.75) is 12.0 Å². The molecule has 3 rings (SSSR count). The number of halogens is 2. The molecule has 0 saturated carbocycles. The molecule has 1 aliphatic rings. The molecule has 1 aliphatic heterocycles. The Labute approximate surface area is 136 Å². The number of fused-ring (bicyclic) bond motifs is 1. The Kier molecular flexibility index (Phi) is 3.68. The molecule has 1 heterocycles. The molecule has 0 fully saturated rings. The Bertz CT molecular complexity index is 773. The van der Waals surface area contributed by atoms with E-state index in [0.29, 0.717) is 26.9 Å². The van der Waals surface area contributed by atoms with Gasteiger partial charge in [-0.1, -0.05) is 23.2 Å². The van der Waals surface area contributed by atoms with Crippen LogP contribution in [0.25, 0.3) is 0 Å². The fraction of sp³-hybridized carbons (Fsp3) is 0.125. The van der Waals surface area contributed by atoms with Crippen LogP contribution in [0.5, 0.6) is 0 Å². The summed E-state index contributed by atoms with van der Waals surface area (Å²) in [5.74, 6) is -0.991. The molecule has 1 amide bonds. The minimum absolute atomic E-state index is 0.312. The first-order valence-corrected chi connectivity index (χ1v) is 7.28. The normalized spacial score (nSPS) is 19.7. The van der Waals surface area contributed by atoms with E-state index in [0.717, 1.165) is 0 Å². The van der Waals surface area contributed by atoms with Crippen molar-refractivity contribution in [1.29, 1.82) is 0 Å². The van der Waals surface area contributed by atoms with Gasteiger partial charge in [-0.25, -0.2) is 0 Å². The van der Waals surface area contributed by atoms with E-state index >= 15 is 0 Å². The van der Waals surface area contributed by atoms with Gasteiger partial charge in [0.1, 0.15) is 0 Å². The molecule has 0 unspecified atom stereocenters. The summed E-state index contributed by atoms with van der Waals surface area (Å²) in [6, 6.07) is 11.0. The van der Waals surface area contributed by atoms with Gasteiger partial charge in [0.2, 0.25) is 0 Å². The van der Waals surface area contributed by atoms with E-state index in [2.05, 4.69) is 5.32 Å². The van der Waals surface area contributed by atoms with Crippen LogP contribution in [0.3, 0.4) is 0 Å². The second kappa shape index (κ2) is 5.39. The highest BCUT2D eigenvalue weighted by Gasteiger charge is 2.46. The van der Waals surface area contributed by atoms with Crippen molar-refractivity contribution in [3.63, 3.8) is 0 Å².